The Morgan fingerprint density at radius 2 is 1.88 bits per heavy atom. The topological polar surface area (TPSA) is 84.7 Å². The van der Waals surface area contributed by atoms with Gasteiger partial charge in [0.05, 0.1) is 6.54 Å². The van der Waals surface area contributed by atoms with Gasteiger partial charge in [0.25, 0.3) is 5.91 Å². The number of halogens is 1. The molecule has 2 amide bonds. The van der Waals surface area contributed by atoms with E-state index < -0.39 is 0 Å². The van der Waals surface area contributed by atoms with E-state index in [0.717, 1.165) is 24.1 Å². The van der Waals surface area contributed by atoms with Gasteiger partial charge in [0, 0.05) is 17.9 Å². The molecule has 0 unspecified atom stereocenters. The molecular weight excluding hydrogens is 354 g/mol. The third-order valence-electron chi connectivity index (χ3n) is 4.14. The van der Waals surface area contributed by atoms with Crippen molar-refractivity contribution in [2.24, 2.45) is 0 Å². The van der Waals surface area contributed by atoms with Crippen molar-refractivity contribution in [3.63, 3.8) is 0 Å². The van der Waals surface area contributed by atoms with E-state index in [0.29, 0.717) is 18.0 Å². The smallest absolute Gasteiger partial charge is 0.258 e. The molecule has 6 nitrogen and oxygen atoms in total. The summed E-state index contributed by atoms with van der Waals surface area (Å²) in [7, 11) is 0. The second-order valence-electron chi connectivity index (χ2n) is 5.87. The van der Waals surface area contributed by atoms with Crippen molar-refractivity contribution in [3.8, 4) is 5.75 Å². The van der Waals surface area contributed by atoms with E-state index in [1.165, 1.54) is 0 Å². The van der Waals surface area contributed by atoms with Gasteiger partial charge in [0.1, 0.15) is 5.75 Å². The van der Waals surface area contributed by atoms with E-state index in [1.807, 2.05) is 36.4 Å². The van der Waals surface area contributed by atoms with Crippen molar-refractivity contribution in [1.29, 1.82) is 0 Å². The number of nitrogens with zero attached hydrogens (tertiary/aromatic N) is 1. The van der Waals surface area contributed by atoms with Gasteiger partial charge in [-0.3, -0.25) is 9.59 Å². The quantitative estimate of drug-likeness (QED) is 0.784. The number of benzene rings is 2. The number of carbonyl (C=O) groups excluding carboxylic acids is 2. The van der Waals surface area contributed by atoms with Crippen LogP contribution in [0.1, 0.15) is 12.0 Å². The number of nitrogens with two attached hydrogens (primary N) is 1. The van der Waals surface area contributed by atoms with E-state index in [9.17, 15) is 9.59 Å². The number of amides is 2. The van der Waals surface area contributed by atoms with E-state index >= 15 is 0 Å². The number of fused-ring (bicyclic) bond motifs is 1. The van der Waals surface area contributed by atoms with Gasteiger partial charge in [-0.1, -0.05) is 24.3 Å². The maximum atomic E-state index is 12.5. The number of nitrogen functional groups attached to an aromatic ring is 1. The monoisotopic (exact) mass is 375 g/mol. The molecule has 3 rings (SSSR count). The molecule has 0 radical (unpaired) electrons. The number of ether oxygens (including phenoxy) is 1. The molecule has 0 saturated heterocycles. The van der Waals surface area contributed by atoms with Crippen LogP contribution in [0.15, 0.2) is 48.5 Å². The lowest BCUT2D eigenvalue weighted by Gasteiger charge is -2.30. The zero-order chi connectivity index (χ0) is 17.6. The summed E-state index contributed by atoms with van der Waals surface area (Å²) >= 11 is 0. The van der Waals surface area contributed by atoms with E-state index in [-0.39, 0.29) is 37.4 Å². The largest absolute Gasteiger partial charge is 0.484 e. The molecule has 26 heavy (non-hydrogen) atoms. The highest BCUT2D eigenvalue weighted by atomic mass is 35.5. The molecule has 0 atom stereocenters. The third-order valence-corrected chi connectivity index (χ3v) is 4.14. The van der Waals surface area contributed by atoms with Crippen molar-refractivity contribution >= 4 is 35.6 Å². The minimum Gasteiger partial charge on any atom is -0.484 e. The standard InChI is InChI=1S/C19H21N3O3.ClH/c20-16-9-4-10-17-15(16)8-5-11-22(17)19(24)12-21-18(23)13-25-14-6-2-1-3-7-14;/h1-4,6-7,9-10H,5,8,11-13,20H2,(H,21,23);1H. The fourth-order valence-electron chi connectivity index (χ4n) is 2.90. The normalized spacial score (nSPS) is 12.5. The van der Waals surface area contributed by atoms with E-state index in [4.69, 9.17) is 10.5 Å². The first kappa shape index (κ1) is 19.6. The molecule has 0 bridgehead atoms. The number of rotatable bonds is 5. The number of anilines is 2. The van der Waals surface area contributed by atoms with Crippen molar-refractivity contribution in [2.45, 2.75) is 12.8 Å². The van der Waals surface area contributed by atoms with Crippen LogP contribution in [0.3, 0.4) is 0 Å². The van der Waals surface area contributed by atoms with E-state index in [1.54, 1.807) is 17.0 Å². The molecule has 0 spiro atoms. The summed E-state index contributed by atoms with van der Waals surface area (Å²) in [6.45, 7) is 0.442. The zero-order valence-electron chi connectivity index (χ0n) is 14.3. The lowest BCUT2D eigenvalue weighted by atomic mass is 10.00. The van der Waals surface area contributed by atoms with Crippen LogP contribution in [0, 0.1) is 0 Å². The number of hydrogen-bond donors (Lipinski definition) is 2. The first-order valence-electron chi connectivity index (χ1n) is 8.27. The van der Waals surface area contributed by atoms with Gasteiger partial charge in [-0.15, -0.1) is 12.4 Å². The Bertz CT molecular complexity index is 768. The molecule has 0 saturated carbocycles. The number of para-hydroxylation sites is 1. The molecule has 2 aromatic carbocycles. The molecule has 2 aromatic rings. The Hall–Kier alpha value is -2.73. The summed E-state index contributed by atoms with van der Waals surface area (Å²) in [6, 6.07) is 14.6. The third kappa shape index (κ3) is 4.67. The predicted molar refractivity (Wildman–Crippen MR) is 104 cm³/mol. The van der Waals surface area contributed by atoms with Crippen molar-refractivity contribution in [3.05, 3.63) is 54.1 Å². The maximum absolute atomic E-state index is 12.5. The Kier molecular flexibility index (Phi) is 6.86. The average Bonchev–Trinajstić information content (AvgIpc) is 2.65. The molecule has 1 heterocycles. The Balaban J connectivity index is 0.00000243. The maximum Gasteiger partial charge on any atom is 0.258 e. The van der Waals surface area contributed by atoms with Crippen LogP contribution < -0.4 is 20.7 Å². The average molecular weight is 376 g/mol. The summed E-state index contributed by atoms with van der Waals surface area (Å²) in [5.74, 6) is 0.131. The molecule has 1 aliphatic rings. The van der Waals surface area contributed by atoms with Gasteiger partial charge in [0.15, 0.2) is 6.61 Å². The first-order valence-corrected chi connectivity index (χ1v) is 8.27. The molecule has 0 aliphatic carbocycles. The van der Waals surface area contributed by atoms with Crippen molar-refractivity contribution < 1.29 is 14.3 Å². The summed E-state index contributed by atoms with van der Waals surface area (Å²) in [5.41, 5.74) is 8.54. The van der Waals surface area contributed by atoms with Crippen LogP contribution in [-0.4, -0.2) is 31.5 Å². The molecule has 0 fully saturated rings. The van der Waals surface area contributed by atoms with Crippen LogP contribution >= 0.6 is 12.4 Å². The molecule has 3 N–H and O–H groups in total. The zero-order valence-corrected chi connectivity index (χ0v) is 15.1. The van der Waals surface area contributed by atoms with Gasteiger partial charge >= 0.3 is 0 Å². The Morgan fingerprint density at radius 1 is 1.12 bits per heavy atom. The van der Waals surface area contributed by atoms with Crippen LogP contribution in [0.25, 0.3) is 0 Å². The fourth-order valence-corrected chi connectivity index (χ4v) is 2.90. The highest BCUT2D eigenvalue weighted by molar-refractivity contribution is 5.98. The Morgan fingerprint density at radius 3 is 2.65 bits per heavy atom. The van der Waals surface area contributed by atoms with Crippen molar-refractivity contribution in [2.75, 3.05) is 30.3 Å². The molecule has 138 valence electrons. The SMILES string of the molecule is Cl.Nc1cccc2c1CCCN2C(=O)CNC(=O)COc1ccccc1. The minimum atomic E-state index is -0.331. The molecular formula is C19H22ClN3O3. The van der Waals surface area contributed by atoms with Crippen LogP contribution in [0.4, 0.5) is 11.4 Å². The highest BCUT2D eigenvalue weighted by Gasteiger charge is 2.23. The first-order chi connectivity index (χ1) is 12.1. The second-order valence-corrected chi connectivity index (χ2v) is 5.87. The Labute approximate surface area is 158 Å². The van der Waals surface area contributed by atoms with Gasteiger partial charge in [-0.2, -0.15) is 0 Å². The lowest BCUT2D eigenvalue weighted by Crippen LogP contribution is -2.43. The van der Waals surface area contributed by atoms with Crippen LogP contribution in [0.2, 0.25) is 0 Å². The highest BCUT2D eigenvalue weighted by Crippen LogP contribution is 2.31. The number of nitrogens with one attached hydrogen (secondary N) is 1. The summed E-state index contributed by atoms with van der Waals surface area (Å²) in [5, 5.41) is 2.61. The van der Waals surface area contributed by atoms with Gasteiger partial charge < -0.3 is 20.7 Å². The summed E-state index contributed by atoms with van der Waals surface area (Å²) < 4.78 is 5.36. The number of carbonyl (C=O) groups is 2. The van der Waals surface area contributed by atoms with E-state index in [2.05, 4.69) is 5.32 Å². The van der Waals surface area contributed by atoms with Gasteiger partial charge in [0.2, 0.25) is 5.91 Å². The molecule has 7 heteroatoms. The predicted octanol–water partition coefficient (Wildman–Crippen LogP) is 2.17. The fraction of sp³-hybridized carbons (Fsp3) is 0.263. The second kappa shape index (κ2) is 9.10. The van der Waals surface area contributed by atoms with Crippen LogP contribution in [-0.2, 0) is 16.0 Å². The van der Waals surface area contributed by atoms with Crippen LogP contribution in [0.5, 0.6) is 5.75 Å². The van der Waals surface area contributed by atoms with Crippen molar-refractivity contribution in [1.82, 2.24) is 5.32 Å². The van der Waals surface area contributed by atoms with Gasteiger partial charge in [-0.05, 0) is 42.7 Å². The summed E-state index contributed by atoms with van der Waals surface area (Å²) in [4.78, 5) is 26.0. The van der Waals surface area contributed by atoms with Gasteiger partial charge in [-0.25, -0.2) is 0 Å². The number of hydrogen-bond acceptors (Lipinski definition) is 4. The molecule has 0 aromatic heterocycles. The molecule has 1 aliphatic heterocycles. The lowest BCUT2D eigenvalue weighted by molar-refractivity contribution is -0.126. The summed E-state index contributed by atoms with van der Waals surface area (Å²) in [6.07, 6.45) is 1.72. The minimum absolute atomic E-state index is 0.